The van der Waals surface area contributed by atoms with Crippen LogP contribution in [0.1, 0.15) is 11.1 Å². The highest BCUT2D eigenvalue weighted by Crippen LogP contribution is 2.45. The molecule has 1 spiro atoms. The van der Waals surface area contributed by atoms with E-state index in [1.54, 1.807) is 12.1 Å². The molecule has 0 bridgehead atoms. The van der Waals surface area contributed by atoms with Crippen LogP contribution in [0.2, 0.25) is 0 Å². The number of rotatable bonds is 0. The molecule has 2 heterocycles. The number of fused-ring (bicyclic) bond motifs is 3. The van der Waals surface area contributed by atoms with Crippen molar-refractivity contribution in [3.05, 3.63) is 47.6 Å². The smallest absolute Gasteiger partial charge is 0.454 e. The number of carbonyl (C=O) groups is 2. The van der Waals surface area contributed by atoms with Gasteiger partial charge in [0.1, 0.15) is 0 Å². The summed E-state index contributed by atoms with van der Waals surface area (Å²) in [5, 5.41) is 0. The molecule has 0 radical (unpaired) electrons. The Balaban J connectivity index is 1.84. The molecule has 2 aliphatic heterocycles. The van der Waals surface area contributed by atoms with Gasteiger partial charge in [-0.1, -0.05) is 12.2 Å². The lowest BCUT2D eigenvalue weighted by Crippen LogP contribution is -2.50. The minimum atomic E-state index is -4.97. The standard InChI is InChI=1S/C17H12F3NO4/c18-17(19,20)15(23)21-7-10-5-13-14(25-9-24-13)6-12(10)16(8-21)3-1-11(22)2-4-16/h1-6H,7-9H2. The van der Waals surface area contributed by atoms with Crippen LogP contribution in [0.5, 0.6) is 11.5 Å². The number of ketones is 1. The molecular formula is C17H12F3NO4. The first kappa shape index (κ1) is 15.7. The third-order valence-electron chi connectivity index (χ3n) is 4.53. The highest BCUT2D eigenvalue weighted by molar-refractivity contribution is 6.01. The summed E-state index contributed by atoms with van der Waals surface area (Å²) in [5.74, 6) is -1.25. The van der Waals surface area contributed by atoms with Crippen molar-refractivity contribution in [2.24, 2.45) is 0 Å². The van der Waals surface area contributed by atoms with E-state index in [-0.39, 0.29) is 25.7 Å². The van der Waals surface area contributed by atoms with Crippen LogP contribution in [0.4, 0.5) is 13.2 Å². The Bertz CT molecular complexity index is 825. The van der Waals surface area contributed by atoms with E-state index in [4.69, 9.17) is 9.47 Å². The monoisotopic (exact) mass is 351 g/mol. The van der Waals surface area contributed by atoms with Crippen molar-refractivity contribution < 1.29 is 32.2 Å². The van der Waals surface area contributed by atoms with Crippen molar-refractivity contribution in [2.45, 2.75) is 18.1 Å². The molecule has 130 valence electrons. The molecule has 4 rings (SSSR count). The molecular weight excluding hydrogens is 339 g/mol. The summed E-state index contributed by atoms with van der Waals surface area (Å²) in [4.78, 5) is 24.0. The Labute approximate surface area is 140 Å². The van der Waals surface area contributed by atoms with Gasteiger partial charge >= 0.3 is 12.1 Å². The minimum absolute atomic E-state index is 0.0284. The van der Waals surface area contributed by atoms with Gasteiger partial charge in [0.15, 0.2) is 17.3 Å². The molecule has 0 saturated heterocycles. The molecule has 8 heteroatoms. The van der Waals surface area contributed by atoms with E-state index in [1.807, 2.05) is 0 Å². The molecule has 1 amide bonds. The van der Waals surface area contributed by atoms with Crippen LogP contribution in [-0.4, -0.2) is 36.1 Å². The van der Waals surface area contributed by atoms with E-state index in [1.165, 1.54) is 24.3 Å². The molecule has 5 nitrogen and oxygen atoms in total. The van der Waals surface area contributed by atoms with Crippen LogP contribution in [0.15, 0.2) is 36.4 Å². The van der Waals surface area contributed by atoms with Crippen molar-refractivity contribution in [1.29, 1.82) is 0 Å². The maximum atomic E-state index is 12.9. The topological polar surface area (TPSA) is 55.8 Å². The van der Waals surface area contributed by atoms with Crippen LogP contribution in [0.25, 0.3) is 0 Å². The van der Waals surface area contributed by atoms with Gasteiger partial charge in [-0.05, 0) is 35.4 Å². The predicted molar refractivity (Wildman–Crippen MR) is 79.0 cm³/mol. The van der Waals surface area contributed by atoms with Crippen molar-refractivity contribution in [1.82, 2.24) is 4.90 Å². The van der Waals surface area contributed by atoms with Crippen LogP contribution in [0.3, 0.4) is 0 Å². The first-order chi connectivity index (χ1) is 11.8. The third kappa shape index (κ3) is 2.48. The number of hydrogen-bond acceptors (Lipinski definition) is 4. The van der Waals surface area contributed by atoms with E-state index in [0.717, 1.165) is 4.90 Å². The summed E-state index contributed by atoms with van der Waals surface area (Å²) in [7, 11) is 0. The fraction of sp³-hybridized carbons (Fsp3) is 0.294. The fourth-order valence-corrected chi connectivity index (χ4v) is 3.39. The lowest BCUT2D eigenvalue weighted by atomic mass is 9.72. The number of benzene rings is 1. The van der Waals surface area contributed by atoms with E-state index < -0.39 is 17.5 Å². The lowest BCUT2D eigenvalue weighted by molar-refractivity contribution is -0.187. The quantitative estimate of drug-likeness (QED) is 0.720. The summed E-state index contributed by atoms with van der Waals surface area (Å²) in [5.41, 5.74) is 0.211. The number of amides is 1. The Hall–Kier alpha value is -2.77. The normalized spacial score (nSPS) is 20.1. The number of alkyl halides is 3. The number of carbonyl (C=O) groups excluding carboxylic acids is 2. The van der Waals surface area contributed by atoms with Gasteiger partial charge in [0.2, 0.25) is 6.79 Å². The van der Waals surface area contributed by atoms with Crippen LogP contribution in [-0.2, 0) is 21.5 Å². The van der Waals surface area contributed by atoms with Crippen molar-refractivity contribution >= 4 is 11.7 Å². The molecule has 0 unspecified atom stereocenters. The molecule has 0 fully saturated rings. The first-order valence-corrected chi connectivity index (χ1v) is 7.50. The number of hydrogen-bond donors (Lipinski definition) is 0. The van der Waals surface area contributed by atoms with Gasteiger partial charge in [-0.3, -0.25) is 9.59 Å². The molecule has 1 aromatic rings. The second kappa shape index (κ2) is 5.11. The summed E-state index contributed by atoms with van der Waals surface area (Å²) >= 11 is 0. The fourth-order valence-electron chi connectivity index (χ4n) is 3.39. The molecule has 1 aliphatic carbocycles. The average molecular weight is 351 g/mol. The lowest BCUT2D eigenvalue weighted by Gasteiger charge is -2.42. The molecule has 3 aliphatic rings. The zero-order valence-corrected chi connectivity index (χ0v) is 12.8. The molecule has 25 heavy (non-hydrogen) atoms. The van der Waals surface area contributed by atoms with Gasteiger partial charge in [-0.2, -0.15) is 13.2 Å². The van der Waals surface area contributed by atoms with Gasteiger partial charge in [0, 0.05) is 13.1 Å². The van der Waals surface area contributed by atoms with Crippen LogP contribution in [0, 0.1) is 0 Å². The molecule has 0 saturated carbocycles. The molecule has 1 aromatic carbocycles. The van der Waals surface area contributed by atoms with Gasteiger partial charge in [-0.15, -0.1) is 0 Å². The summed E-state index contributed by atoms with van der Waals surface area (Å²) in [6.45, 7) is -0.374. The average Bonchev–Trinajstić information content (AvgIpc) is 3.01. The van der Waals surface area contributed by atoms with Crippen molar-refractivity contribution in [3.8, 4) is 11.5 Å². The van der Waals surface area contributed by atoms with E-state index >= 15 is 0 Å². The Morgan fingerprint density at radius 3 is 2.40 bits per heavy atom. The Morgan fingerprint density at radius 2 is 1.76 bits per heavy atom. The summed E-state index contributed by atoms with van der Waals surface area (Å²) < 4.78 is 49.4. The highest BCUT2D eigenvalue weighted by Gasteiger charge is 2.48. The van der Waals surface area contributed by atoms with Crippen LogP contribution < -0.4 is 9.47 Å². The predicted octanol–water partition coefficient (Wildman–Crippen LogP) is 2.25. The number of nitrogens with zero attached hydrogens (tertiary/aromatic N) is 1. The maximum absolute atomic E-state index is 12.9. The second-order valence-electron chi connectivity index (χ2n) is 6.13. The summed E-state index contributed by atoms with van der Waals surface area (Å²) in [6.07, 6.45) is 0.706. The van der Waals surface area contributed by atoms with Gasteiger partial charge < -0.3 is 14.4 Å². The van der Waals surface area contributed by atoms with E-state index in [0.29, 0.717) is 22.6 Å². The van der Waals surface area contributed by atoms with E-state index in [9.17, 15) is 22.8 Å². The maximum Gasteiger partial charge on any atom is 0.471 e. The first-order valence-electron chi connectivity index (χ1n) is 7.50. The second-order valence-corrected chi connectivity index (χ2v) is 6.13. The number of ether oxygens (including phenoxy) is 2. The SMILES string of the molecule is O=C1C=CC2(C=C1)CN(C(=O)C(F)(F)F)Cc1cc3c(cc12)OCO3. The molecule has 0 aromatic heterocycles. The number of allylic oxidation sites excluding steroid dienone is 2. The van der Waals surface area contributed by atoms with Gasteiger partial charge in [-0.25, -0.2) is 0 Å². The van der Waals surface area contributed by atoms with Crippen molar-refractivity contribution in [2.75, 3.05) is 13.3 Å². The van der Waals surface area contributed by atoms with Gasteiger partial charge in [0.05, 0.1) is 5.41 Å². The van der Waals surface area contributed by atoms with Crippen LogP contribution >= 0.6 is 0 Å². The Morgan fingerprint density at radius 1 is 1.12 bits per heavy atom. The number of halogens is 3. The van der Waals surface area contributed by atoms with Crippen molar-refractivity contribution in [3.63, 3.8) is 0 Å². The molecule has 0 N–H and O–H groups in total. The largest absolute Gasteiger partial charge is 0.471 e. The Kier molecular flexibility index (Phi) is 3.22. The minimum Gasteiger partial charge on any atom is -0.454 e. The summed E-state index contributed by atoms with van der Waals surface area (Å²) in [6, 6.07) is 3.30. The zero-order valence-electron chi connectivity index (χ0n) is 12.8. The highest BCUT2D eigenvalue weighted by atomic mass is 19.4. The molecule has 0 atom stereocenters. The van der Waals surface area contributed by atoms with E-state index in [2.05, 4.69) is 0 Å². The van der Waals surface area contributed by atoms with Gasteiger partial charge in [0.25, 0.3) is 0 Å². The zero-order chi connectivity index (χ0) is 17.8. The third-order valence-corrected chi connectivity index (χ3v) is 4.53.